The maximum absolute atomic E-state index is 11.9. The van der Waals surface area contributed by atoms with Crippen LogP contribution in [0.25, 0.3) is 0 Å². The van der Waals surface area contributed by atoms with Crippen molar-refractivity contribution in [3.05, 3.63) is 64.6 Å². The van der Waals surface area contributed by atoms with Crippen LogP contribution in [-0.2, 0) is 0 Å². The van der Waals surface area contributed by atoms with Crippen LogP contribution >= 0.6 is 15.9 Å². The molecule has 0 aliphatic heterocycles. The van der Waals surface area contributed by atoms with Crippen molar-refractivity contribution in [2.45, 2.75) is 13.0 Å². The first-order valence-electron chi connectivity index (χ1n) is 6.04. The number of halogens is 1. The third kappa shape index (κ3) is 3.83. The summed E-state index contributed by atoms with van der Waals surface area (Å²) in [4.78, 5) is 11.9. The van der Waals surface area contributed by atoms with E-state index in [0.717, 1.165) is 15.7 Å². The lowest BCUT2D eigenvalue weighted by Crippen LogP contribution is -2.31. The van der Waals surface area contributed by atoms with E-state index in [0.29, 0.717) is 0 Å². The van der Waals surface area contributed by atoms with Crippen LogP contribution < -0.4 is 10.6 Å². The Morgan fingerprint density at radius 1 is 1.05 bits per heavy atom. The maximum Gasteiger partial charge on any atom is 0.319 e. The summed E-state index contributed by atoms with van der Waals surface area (Å²) in [6, 6.07) is 17.1. The van der Waals surface area contributed by atoms with Crippen molar-refractivity contribution in [2.75, 3.05) is 5.32 Å². The fourth-order valence-corrected chi connectivity index (χ4v) is 2.13. The fraction of sp³-hybridized carbons (Fsp3) is 0.133. The number of carbonyl (C=O) groups excluding carboxylic acids is 1. The number of para-hydroxylation sites is 1. The molecule has 0 fully saturated rings. The summed E-state index contributed by atoms with van der Waals surface area (Å²) in [5.41, 5.74) is 1.82. The SMILES string of the molecule is CC(NC(=O)Nc1ccccc1Br)c1ccccc1. The van der Waals surface area contributed by atoms with Crippen LogP contribution in [0.5, 0.6) is 0 Å². The van der Waals surface area contributed by atoms with Gasteiger partial charge in [0.2, 0.25) is 0 Å². The predicted molar refractivity (Wildman–Crippen MR) is 81.2 cm³/mol. The Hall–Kier alpha value is -1.81. The molecule has 98 valence electrons. The second-order valence-electron chi connectivity index (χ2n) is 4.21. The van der Waals surface area contributed by atoms with Gasteiger partial charge in [-0.2, -0.15) is 0 Å². The summed E-state index contributed by atoms with van der Waals surface area (Å²) >= 11 is 3.39. The molecule has 2 rings (SSSR count). The molecule has 0 aliphatic rings. The molecule has 0 aliphatic carbocycles. The Bertz CT molecular complexity index is 557. The molecule has 0 radical (unpaired) electrons. The Morgan fingerprint density at radius 3 is 2.37 bits per heavy atom. The first kappa shape index (κ1) is 13.6. The highest BCUT2D eigenvalue weighted by Gasteiger charge is 2.09. The van der Waals surface area contributed by atoms with E-state index in [-0.39, 0.29) is 12.1 Å². The molecule has 3 nitrogen and oxygen atoms in total. The molecule has 2 N–H and O–H groups in total. The maximum atomic E-state index is 11.9. The normalized spacial score (nSPS) is 11.7. The number of amides is 2. The Morgan fingerprint density at radius 2 is 1.68 bits per heavy atom. The van der Waals surface area contributed by atoms with Gasteiger partial charge in [0.05, 0.1) is 11.7 Å². The monoisotopic (exact) mass is 318 g/mol. The molecule has 0 saturated carbocycles. The van der Waals surface area contributed by atoms with Crippen molar-refractivity contribution in [1.29, 1.82) is 0 Å². The molecule has 0 aromatic heterocycles. The summed E-state index contributed by atoms with van der Waals surface area (Å²) in [5, 5.41) is 5.71. The van der Waals surface area contributed by atoms with Crippen molar-refractivity contribution in [2.24, 2.45) is 0 Å². The molecule has 0 bridgehead atoms. The van der Waals surface area contributed by atoms with Gasteiger partial charge < -0.3 is 10.6 Å². The average molecular weight is 319 g/mol. The van der Waals surface area contributed by atoms with E-state index >= 15 is 0 Å². The van der Waals surface area contributed by atoms with Crippen LogP contribution in [0.3, 0.4) is 0 Å². The standard InChI is InChI=1S/C15H15BrN2O/c1-11(12-7-3-2-4-8-12)17-15(19)18-14-10-6-5-9-13(14)16/h2-11H,1H3,(H2,17,18,19). The number of anilines is 1. The van der Waals surface area contributed by atoms with Crippen LogP contribution in [0.2, 0.25) is 0 Å². The molecule has 1 atom stereocenters. The van der Waals surface area contributed by atoms with Gasteiger partial charge in [-0.15, -0.1) is 0 Å². The largest absolute Gasteiger partial charge is 0.331 e. The number of hydrogen-bond acceptors (Lipinski definition) is 1. The Balaban J connectivity index is 1.97. The van der Waals surface area contributed by atoms with E-state index in [1.54, 1.807) is 0 Å². The molecule has 2 aromatic carbocycles. The third-order valence-electron chi connectivity index (χ3n) is 2.77. The zero-order valence-corrected chi connectivity index (χ0v) is 12.1. The Labute approximate surface area is 121 Å². The van der Waals surface area contributed by atoms with Crippen LogP contribution in [0.4, 0.5) is 10.5 Å². The molecule has 0 saturated heterocycles. The van der Waals surface area contributed by atoms with E-state index < -0.39 is 0 Å². The minimum Gasteiger partial charge on any atom is -0.331 e. The van der Waals surface area contributed by atoms with E-state index in [2.05, 4.69) is 26.6 Å². The van der Waals surface area contributed by atoms with E-state index in [4.69, 9.17) is 0 Å². The van der Waals surface area contributed by atoms with Crippen molar-refractivity contribution < 1.29 is 4.79 Å². The molecule has 0 heterocycles. The summed E-state index contributed by atoms with van der Waals surface area (Å²) in [7, 11) is 0. The summed E-state index contributed by atoms with van der Waals surface area (Å²) < 4.78 is 0.859. The van der Waals surface area contributed by atoms with Gasteiger partial charge in [-0.25, -0.2) is 4.79 Å². The zero-order chi connectivity index (χ0) is 13.7. The summed E-state index contributed by atoms with van der Waals surface area (Å²) in [5.74, 6) is 0. The van der Waals surface area contributed by atoms with Crippen LogP contribution in [0, 0.1) is 0 Å². The van der Waals surface area contributed by atoms with E-state index in [9.17, 15) is 4.79 Å². The van der Waals surface area contributed by atoms with Gasteiger partial charge in [0.1, 0.15) is 0 Å². The highest BCUT2D eigenvalue weighted by Crippen LogP contribution is 2.21. The molecular formula is C15H15BrN2O. The first-order chi connectivity index (χ1) is 9.16. The molecule has 0 spiro atoms. The number of nitrogens with one attached hydrogen (secondary N) is 2. The molecule has 2 aromatic rings. The lowest BCUT2D eigenvalue weighted by Gasteiger charge is -2.15. The molecular weight excluding hydrogens is 304 g/mol. The van der Waals surface area contributed by atoms with Gasteiger partial charge >= 0.3 is 6.03 Å². The van der Waals surface area contributed by atoms with Crippen molar-refractivity contribution in [3.8, 4) is 0 Å². The highest BCUT2D eigenvalue weighted by atomic mass is 79.9. The second-order valence-corrected chi connectivity index (χ2v) is 5.07. The first-order valence-corrected chi connectivity index (χ1v) is 6.83. The Kier molecular flexibility index (Phi) is 4.58. The molecule has 4 heteroatoms. The van der Waals surface area contributed by atoms with Crippen molar-refractivity contribution >= 4 is 27.6 Å². The highest BCUT2D eigenvalue weighted by molar-refractivity contribution is 9.10. The van der Waals surface area contributed by atoms with Gasteiger partial charge in [0.15, 0.2) is 0 Å². The number of benzene rings is 2. The smallest absolute Gasteiger partial charge is 0.319 e. The fourth-order valence-electron chi connectivity index (χ4n) is 1.74. The van der Waals surface area contributed by atoms with Gasteiger partial charge in [0.25, 0.3) is 0 Å². The van der Waals surface area contributed by atoms with E-state index in [1.807, 2.05) is 61.5 Å². The lowest BCUT2D eigenvalue weighted by atomic mass is 10.1. The topological polar surface area (TPSA) is 41.1 Å². The minimum absolute atomic E-state index is 0.0383. The van der Waals surface area contributed by atoms with Crippen molar-refractivity contribution in [1.82, 2.24) is 5.32 Å². The second kappa shape index (κ2) is 6.38. The van der Waals surface area contributed by atoms with Crippen molar-refractivity contribution in [3.63, 3.8) is 0 Å². The van der Waals surface area contributed by atoms with Crippen LogP contribution in [-0.4, -0.2) is 6.03 Å². The minimum atomic E-state index is -0.219. The molecule has 1 unspecified atom stereocenters. The van der Waals surface area contributed by atoms with Gasteiger partial charge in [-0.1, -0.05) is 42.5 Å². The number of hydrogen-bond donors (Lipinski definition) is 2. The molecule has 2 amide bonds. The van der Waals surface area contributed by atoms with Gasteiger partial charge in [0, 0.05) is 4.47 Å². The third-order valence-corrected chi connectivity index (χ3v) is 3.46. The summed E-state index contributed by atoms with van der Waals surface area (Å²) in [6.07, 6.45) is 0. The number of carbonyl (C=O) groups is 1. The van der Waals surface area contributed by atoms with E-state index in [1.165, 1.54) is 0 Å². The van der Waals surface area contributed by atoms with Gasteiger partial charge in [-0.05, 0) is 40.5 Å². The zero-order valence-electron chi connectivity index (χ0n) is 10.6. The summed E-state index contributed by atoms with van der Waals surface area (Å²) in [6.45, 7) is 1.95. The van der Waals surface area contributed by atoms with Gasteiger partial charge in [-0.3, -0.25) is 0 Å². The quantitative estimate of drug-likeness (QED) is 0.868. The van der Waals surface area contributed by atoms with Crippen LogP contribution in [0.15, 0.2) is 59.1 Å². The number of urea groups is 1. The molecule has 19 heavy (non-hydrogen) atoms. The number of rotatable bonds is 3. The van der Waals surface area contributed by atoms with Crippen LogP contribution in [0.1, 0.15) is 18.5 Å². The predicted octanol–water partition coefficient (Wildman–Crippen LogP) is 4.33. The lowest BCUT2D eigenvalue weighted by molar-refractivity contribution is 0.249. The average Bonchev–Trinajstić information content (AvgIpc) is 2.42.